The van der Waals surface area contributed by atoms with Gasteiger partial charge in [-0.1, -0.05) is 20.8 Å². The van der Waals surface area contributed by atoms with Crippen molar-refractivity contribution < 1.29 is 9.90 Å². The Hall–Kier alpha value is -0.370. The van der Waals surface area contributed by atoms with Crippen LogP contribution in [-0.4, -0.2) is 17.0 Å². The van der Waals surface area contributed by atoms with Crippen LogP contribution in [0.5, 0.6) is 0 Å². The summed E-state index contributed by atoms with van der Waals surface area (Å²) in [5.74, 6) is 4.64. The van der Waals surface area contributed by atoms with E-state index in [9.17, 15) is 9.90 Å². The highest BCUT2D eigenvalue weighted by molar-refractivity contribution is 5.79. The van der Waals surface area contributed by atoms with E-state index < -0.39 is 0 Å². The zero-order valence-corrected chi connectivity index (χ0v) is 16.8. The second-order valence-corrected chi connectivity index (χ2v) is 10.7. The van der Waals surface area contributed by atoms with Crippen LogP contribution in [-0.2, 0) is 4.79 Å². The summed E-state index contributed by atoms with van der Waals surface area (Å²) in [6, 6.07) is 0. The molecule has 4 saturated carbocycles. The lowest BCUT2D eigenvalue weighted by atomic mass is 9.52. The molecule has 0 aliphatic heterocycles. The molecule has 1 N–H and O–H groups in total. The van der Waals surface area contributed by atoms with Gasteiger partial charge in [-0.25, -0.2) is 0 Å². The first-order chi connectivity index (χ1) is 11.8. The number of carbonyl (C=O) groups excluding carboxylic acids is 1. The van der Waals surface area contributed by atoms with Crippen LogP contribution in [0.2, 0.25) is 0 Å². The summed E-state index contributed by atoms with van der Waals surface area (Å²) in [4.78, 5) is 12.3. The van der Waals surface area contributed by atoms with E-state index in [1.165, 1.54) is 38.5 Å². The third-order valence-electron chi connectivity index (χ3n) is 10.0. The van der Waals surface area contributed by atoms with E-state index in [1.54, 1.807) is 0 Å². The van der Waals surface area contributed by atoms with E-state index >= 15 is 0 Å². The first kappa shape index (κ1) is 18.0. The first-order valence-corrected chi connectivity index (χ1v) is 11.0. The van der Waals surface area contributed by atoms with Crippen molar-refractivity contribution in [3.63, 3.8) is 0 Å². The number of hydrogen-bond donors (Lipinski definition) is 1. The second-order valence-electron chi connectivity index (χ2n) is 10.7. The van der Waals surface area contributed by atoms with Crippen LogP contribution in [0.4, 0.5) is 0 Å². The van der Waals surface area contributed by atoms with E-state index in [1.807, 2.05) is 6.92 Å². The lowest BCUT2D eigenvalue weighted by molar-refractivity contribution is -0.127. The van der Waals surface area contributed by atoms with Gasteiger partial charge in [0.15, 0.2) is 0 Å². The average Bonchev–Trinajstić information content (AvgIpc) is 2.87. The lowest BCUT2D eigenvalue weighted by Gasteiger charge is -2.53. The van der Waals surface area contributed by atoms with Crippen molar-refractivity contribution >= 4 is 5.78 Å². The molecule has 25 heavy (non-hydrogen) atoms. The lowest BCUT2D eigenvalue weighted by Crippen LogP contribution is -2.47. The molecular weight excluding hydrogens is 308 g/mol. The molecule has 0 radical (unpaired) electrons. The fourth-order valence-electron chi connectivity index (χ4n) is 8.35. The van der Waals surface area contributed by atoms with Crippen LogP contribution < -0.4 is 0 Å². The predicted molar refractivity (Wildman–Crippen MR) is 101 cm³/mol. The zero-order valence-electron chi connectivity index (χ0n) is 16.8. The third-order valence-corrected chi connectivity index (χ3v) is 10.0. The Balaban J connectivity index is 1.63. The molecule has 2 heteroatoms. The second kappa shape index (κ2) is 6.08. The standard InChI is InChI=1S/C23H38O2/c1-14-18-10-12-23(4)20(15(2)24)7-8-21(23)19(18)6-5-16-13-17(25)9-11-22(14,16)3/h14,16-21,25H,5-13H2,1-4H3/t14-,16-,17-,18?,19?,20?,21?,22-,23-/m1/s1. The monoisotopic (exact) mass is 346 g/mol. The number of aliphatic hydroxyl groups is 1. The van der Waals surface area contributed by atoms with Crippen LogP contribution in [0, 0.1) is 46.3 Å². The van der Waals surface area contributed by atoms with Crippen molar-refractivity contribution in [3.8, 4) is 0 Å². The summed E-state index contributed by atoms with van der Waals surface area (Å²) >= 11 is 0. The Labute approximate surface area is 154 Å². The zero-order chi connectivity index (χ0) is 18.0. The number of aliphatic hydroxyl groups excluding tert-OH is 1. The smallest absolute Gasteiger partial charge is 0.133 e. The fraction of sp³-hybridized carbons (Fsp3) is 0.957. The van der Waals surface area contributed by atoms with Gasteiger partial charge in [-0.3, -0.25) is 4.79 Å². The van der Waals surface area contributed by atoms with Gasteiger partial charge in [0, 0.05) is 5.92 Å². The summed E-state index contributed by atoms with van der Waals surface area (Å²) in [6.07, 6.45) is 10.8. The number of Topliss-reactive ketones (excluding diaryl/α,β-unsaturated/α-hetero) is 1. The maximum absolute atomic E-state index is 12.3. The molecule has 0 aromatic carbocycles. The third kappa shape index (κ3) is 2.57. The van der Waals surface area contributed by atoms with Crippen molar-refractivity contribution in [2.75, 3.05) is 0 Å². The van der Waals surface area contributed by atoms with Crippen molar-refractivity contribution in [1.29, 1.82) is 0 Å². The molecule has 0 aromatic heterocycles. The van der Waals surface area contributed by atoms with E-state index in [-0.39, 0.29) is 11.5 Å². The Morgan fingerprint density at radius 3 is 2.36 bits per heavy atom. The molecule has 4 aliphatic rings. The largest absolute Gasteiger partial charge is 0.393 e. The summed E-state index contributed by atoms with van der Waals surface area (Å²) in [5, 5.41) is 10.2. The van der Waals surface area contributed by atoms with Gasteiger partial charge < -0.3 is 5.11 Å². The van der Waals surface area contributed by atoms with E-state index in [4.69, 9.17) is 0 Å². The van der Waals surface area contributed by atoms with E-state index in [0.717, 1.165) is 42.9 Å². The number of rotatable bonds is 1. The average molecular weight is 347 g/mol. The SMILES string of the molecule is CC(=O)C1CCC2C3CC[C@@H]4C[C@H](O)CC[C@]4(C)[C@H](C)C3CC[C@]12C. The summed E-state index contributed by atoms with van der Waals surface area (Å²) in [5.41, 5.74) is 0.688. The van der Waals surface area contributed by atoms with Crippen LogP contribution >= 0.6 is 0 Å². The maximum Gasteiger partial charge on any atom is 0.133 e. The molecule has 4 aliphatic carbocycles. The van der Waals surface area contributed by atoms with E-state index in [2.05, 4.69) is 20.8 Å². The van der Waals surface area contributed by atoms with Crippen molar-refractivity contribution in [3.05, 3.63) is 0 Å². The maximum atomic E-state index is 12.3. The van der Waals surface area contributed by atoms with Gasteiger partial charge in [0.1, 0.15) is 5.78 Å². The fourth-order valence-corrected chi connectivity index (χ4v) is 8.35. The van der Waals surface area contributed by atoms with Gasteiger partial charge in [0.05, 0.1) is 6.10 Å². The molecule has 2 nitrogen and oxygen atoms in total. The highest BCUT2D eigenvalue weighted by atomic mass is 16.3. The van der Waals surface area contributed by atoms with E-state index in [0.29, 0.717) is 23.0 Å². The molecule has 142 valence electrons. The van der Waals surface area contributed by atoms with Gasteiger partial charge in [0.2, 0.25) is 0 Å². The molecular formula is C23H38O2. The highest BCUT2D eigenvalue weighted by Crippen LogP contribution is 2.65. The molecule has 0 bridgehead atoms. The Kier molecular flexibility index (Phi) is 4.38. The number of hydrogen-bond acceptors (Lipinski definition) is 2. The molecule has 4 rings (SSSR count). The number of ketones is 1. The minimum atomic E-state index is -0.0655. The van der Waals surface area contributed by atoms with Gasteiger partial charge in [-0.05, 0) is 105 Å². The molecule has 4 unspecified atom stereocenters. The highest BCUT2D eigenvalue weighted by Gasteiger charge is 2.58. The van der Waals surface area contributed by atoms with Gasteiger partial charge >= 0.3 is 0 Å². The van der Waals surface area contributed by atoms with Crippen LogP contribution in [0.15, 0.2) is 0 Å². The Morgan fingerprint density at radius 1 is 0.920 bits per heavy atom. The minimum absolute atomic E-state index is 0.0655. The Morgan fingerprint density at radius 2 is 1.64 bits per heavy atom. The van der Waals surface area contributed by atoms with Gasteiger partial charge in [-0.2, -0.15) is 0 Å². The van der Waals surface area contributed by atoms with Crippen molar-refractivity contribution in [2.24, 2.45) is 46.3 Å². The molecule has 4 fully saturated rings. The quantitative estimate of drug-likeness (QED) is 0.706. The number of carbonyl (C=O) groups is 1. The van der Waals surface area contributed by atoms with Gasteiger partial charge in [0.25, 0.3) is 0 Å². The minimum Gasteiger partial charge on any atom is -0.393 e. The summed E-state index contributed by atoms with van der Waals surface area (Å²) < 4.78 is 0. The van der Waals surface area contributed by atoms with Gasteiger partial charge in [-0.15, -0.1) is 0 Å². The Bertz CT molecular complexity index is 542. The normalized spacial score (nSPS) is 55.6. The molecule has 0 heterocycles. The molecule has 9 atom stereocenters. The molecule has 0 amide bonds. The summed E-state index contributed by atoms with van der Waals surface area (Å²) in [7, 11) is 0. The van der Waals surface area contributed by atoms with Crippen LogP contribution in [0.25, 0.3) is 0 Å². The predicted octanol–water partition coefficient (Wildman–Crippen LogP) is 5.23. The van der Waals surface area contributed by atoms with Crippen LogP contribution in [0.3, 0.4) is 0 Å². The van der Waals surface area contributed by atoms with Crippen LogP contribution in [0.1, 0.15) is 85.5 Å². The van der Waals surface area contributed by atoms with Crippen molar-refractivity contribution in [1.82, 2.24) is 0 Å². The summed E-state index contributed by atoms with van der Waals surface area (Å²) in [6.45, 7) is 9.35. The topological polar surface area (TPSA) is 37.3 Å². The number of fused-ring (bicyclic) bond motifs is 4. The first-order valence-electron chi connectivity index (χ1n) is 11.0. The van der Waals surface area contributed by atoms with Crippen molar-refractivity contribution in [2.45, 2.75) is 91.6 Å². The molecule has 0 aromatic rings. The molecule has 0 spiro atoms. The molecule has 0 saturated heterocycles.